The zero-order chi connectivity index (χ0) is 15.1. The molecule has 2 aromatic rings. The molecule has 0 spiro atoms. The van der Waals surface area contributed by atoms with Gasteiger partial charge in [-0.05, 0) is 30.3 Å². The Bertz CT molecular complexity index is 602. The number of rotatable bonds is 6. The Balaban J connectivity index is 1.80. The predicted octanol–water partition coefficient (Wildman–Crippen LogP) is 3.23. The second kappa shape index (κ2) is 7.59. The maximum absolute atomic E-state index is 11.9. The summed E-state index contributed by atoms with van der Waals surface area (Å²) in [6.07, 6.45) is 0. The Morgan fingerprint density at radius 1 is 1.19 bits per heavy atom. The zero-order valence-electron chi connectivity index (χ0n) is 11.7. The first-order valence-corrected chi connectivity index (χ1v) is 7.48. The summed E-state index contributed by atoms with van der Waals surface area (Å²) in [5.41, 5.74) is 6.61. The van der Waals surface area contributed by atoms with Gasteiger partial charge in [-0.25, -0.2) is 4.79 Å². The van der Waals surface area contributed by atoms with Crippen LogP contribution in [0.15, 0.2) is 53.4 Å². The molecule has 0 saturated heterocycles. The van der Waals surface area contributed by atoms with Crippen LogP contribution < -0.4 is 10.5 Å². The molecular weight excluding hydrogens is 286 g/mol. The van der Waals surface area contributed by atoms with E-state index in [1.807, 2.05) is 30.3 Å². The van der Waals surface area contributed by atoms with Crippen molar-refractivity contribution in [3.05, 3.63) is 54.1 Å². The lowest BCUT2D eigenvalue weighted by Crippen LogP contribution is -2.08. The average molecular weight is 303 g/mol. The molecule has 5 heteroatoms. The van der Waals surface area contributed by atoms with E-state index in [9.17, 15) is 4.79 Å². The standard InChI is InChI=1S/C16H17NO3S/c1-19-15-8-7-12(11-14(15)17)16(18)20-9-10-21-13-5-3-2-4-6-13/h2-8,11H,9-10,17H2,1H3. The van der Waals surface area contributed by atoms with Gasteiger partial charge in [0, 0.05) is 10.6 Å². The van der Waals surface area contributed by atoms with Gasteiger partial charge in [0.1, 0.15) is 12.4 Å². The Hall–Kier alpha value is -2.14. The van der Waals surface area contributed by atoms with Crippen molar-refractivity contribution in [2.45, 2.75) is 4.90 Å². The molecular formula is C16H17NO3S. The van der Waals surface area contributed by atoms with Gasteiger partial charge < -0.3 is 15.2 Å². The number of esters is 1. The van der Waals surface area contributed by atoms with Crippen molar-refractivity contribution >= 4 is 23.4 Å². The number of nitrogen functional groups attached to an aromatic ring is 1. The van der Waals surface area contributed by atoms with Crippen LogP contribution in [0, 0.1) is 0 Å². The lowest BCUT2D eigenvalue weighted by atomic mass is 10.2. The van der Waals surface area contributed by atoms with E-state index in [0.717, 1.165) is 4.90 Å². The van der Waals surface area contributed by atoms with Crippen molar-refractivity contribution < 1.29 is 14.3 Å². The molecule has 0 aromatic heterocycles. The van der Waals surface area contributed by atoms with Crippen LogP contribution in [-0.4, -0.2) is 25.4 Å². The molecule has 0 radical (unpaired) electrons. The molecule has 2 aromatic carbocycles. The van der Waals surface area contributed by atoms with Gasteiger partial charge in [0.2, 0.25) is 0 Å². The van der Waals surface area contributed by atoms with Crippen molar-refractivity contribution in [1.29, 1.82) is 0 Å². The van der Waals surface area contributed by atoms with Crippen LogP contribution >= 0.6 is 11.8 Å². The van der Waals surface area contributed by atoms with Crippen LogP contribution in [0.4, 0.5) is 5.69 Å². The highest BCUT2D eigenvalue weighted by atomic mass is 32.2. The van der Waals surface area contributed by atoms with E-state index in [0.29, 0.717) is 29.4 Å². The van der Waals surface area contributed by atoms with Crippen molar-refractivity contribution in [3.63, 3.8) is 0 Å². The number of hydrogen-bond donors (Lipinski definition) is 1. The number of carbonyl (C=O) groups excluding carboxylic acids is 1. The summed E-state index contributed by atoms with van der Waals surface area (Å²) in [6.45, 7) is 0.352. The Morgan fingerprint density at radius 2 is 1.95 bits per heavy atom. The van der Waals surface area contributed by atoms with Crippen molar-refractivity contribution in [2.75, 3.05) is 25.2 Å². The predicted molar refractivity (Wildman–Crippen MR) is 84.9 cm³/mol. The molecule has 0 bridgehead atoms. The lowest BCUT2D eigenvalue weighted by molar-refractivity contribution is 0.0530. The van der Waals surface area contributed by atoms with E-state index in [1.165, 1.54) is 7.11 Å². The molecule has 0 atom stereocenters. The van der Waals surface area contributed by atoms with E-state index >= 15 is 0 Å². The third-order valence-electron chi connectivity index (χ3n) is 2.79. The molecule has 110 valence electrons. The van der Waals surface area contributed by atoms with Crippen LogP contribution in [0.25, 0.3) is 0 Å². The summed E-state index contributed by atoms with van der Waals surface area (Å²) in [5.74, 6) is 0.880. The maximum atomic E-state index is 11.9. The van der Waals surface area contributed by atoms with Crippen LogP contribution in [0.5, 0.6) is 5.75 Å². The molecule has 0 aliphatic rings. The monoisotopic (exact) mass is 303 g/mol. The highest BCUT2D eigenvalue weighted by Crippen LogP contribution is 2.22. The second-order valence-electron chi connectivity index (χ2n) is 4.25. The van der Waals surface area contributed by atoms with Gasteiger partial charge in [-0.1, -0.05) is 18.2 Å². The number of anilines is 1. The molecule has 0 heterocycles. The summed E-state index contributed by atoms with van der Waals surface area (Å²) in [7, 11) is 1.53. The topological polar surface area (TPSA) is 61.5 Å². The zero-order valence-corrected chi connectivity index (χ0v) is 12.6. The summed E-state index contributed by atoms with van der Waals surface area (Å²) in [5, 5.41) is 0. The number of thioether (sulfide) groups is 1. The molecule has 0 fully saturated rings. The maximum Gasteiger partial charge on any atom is 0.338 e. The SMILES string of the molecule is COc1ccc(C(=O)OCCSc2ccccc2)cc1N. The molecule has 0 saturated carbocycles. The number of carbonyl (C=O) groups is 1. The van der Waals surface area contributed by atoms with E-state index in [4.69, 9.17) is 15.2 Å². The molecule has 21 heavy (non-hydrogen) atoms. The van der Waals surface area contributed by atoms with Gasteiger partial charge in [0.05, 0.1) is 18.4 Å². The Morgan fingerprint density at radius 3 is 2.62 bits per heavy atom. The smallest absolute Gasteiger partial charge is 0.338 e. The number of hydrogen-bond acceptors (Lipinski definition) is 5. The summed E-state index contributed by atoms with van der Waals surface area (Å²) in [4.78, 5) is 13.0. The average Bonchev–Trinajstić information content (AvgIpc) is 2.52. The highest BCUT2D eigenvalue weighted by Gasteiger charge is 2.09. The van der Waals surface area contributed by atoms with Crippen LogP contribution in [0.3, 0.4) is 0 Å². The quantitative estimate of drug-likeness (QED) is 0.384. The van der Waals surface area contributed by atoms with Gasteiger partial charge in [-0.3, -0.25) is 0 Å². The fourth-order valence-electron chi connectivity index (χ4n) is 1.76. The first kappa shape index (κ1) is 15.3. The second-order valence-corrected chi connectivity index (χ2v) is 5.42. The van der Waals surface area contributed by atoms with Gasteiger partial charge in [0.15, 0.2) is 0 Å². The van der Waals surface area contributed by atoms with Gasteiger partial charge >= 0.3 is 5.97 Å². The van der Waals surface area contributed by atoms with E-state index < -0.39 is 0 Å². The summed E-state index contributed by atoms with van der Waals surface area (Å²) in [6, 6.07) is 14.8. The largest absolute Gasteiger partial charge is 0.495 e. The third kappa shape index (κ3) is 4.43. The van der Waals surface area contributed by atoms with Crippen molar-refractivity contribution in [1.82, 2.24) is 0 Å². The van der Waals surface area contributed by atoms with Gasteiger partial charge in [-0.15, -0.1) is 11.8 Å². The molecule has 2 N–H and O–H groups in total. The Kier molecular flexibility index (Phi) is 5.51. The van der Waals surface area contributed by atoms with Crippen LogP contribution in [0.2, 0.25) is 0 Å². The van der Waals surface area contributed by atoms with E-state index in [-0.39, 0.29) is 5.97 Å². The minimum absolute atomic E-state index is 0.352. The highest BCUT2D eigenvalue weighted by molar-refractivity contribution is 7.99. The molecule has 0 aliphatic heterocycles. The minimum atomic E-state index is -0.377. The number of benzene rings is 2. The molecule has 2 rings (SSSR count). The lowest BCUT2D eigenvalue weighted by Gasteiger charge is -2.08. The fourth-order valence-corrected chi connectivity index (χ4v) is 2.51. The fraction of sp³-hybridized carbons (Fsp3) is 0.188. The van der Waals surface area contributed by atoms with E-state index in [2.05, 4.69) is 0 Å². The molecule has 0 aliphatic carbocycles. The third-order valence-corrected chi connectivity index (χ3v) is 3.77. The van der Waals surface area contributed by atoms with Crippen LogP contribution in [0.1, 0.15) is 10.4 Å². The summed E-state index contributed by atoms with van der Waals surface area (Å²) >= 11 is 1.64. The summed E-state index contributed by atoms with van der Waals surface area (Å²) < 4.78 is 10.3. The van der Waals surface area contributed by atoms with Gasteiger partial charge in [-0.2, -0.15) is 0 Å². The van der Waals surface area contributed by atoms with E-state index in [1.54, 1.807) is 30.0 Å². The first-order chi connectivity index (χ1) is 10.2. The number of ether oxygens (including phenoxy) is 2. The Labute approximate surface area is 128 Å². The molecule has 4 nitrogen and oxygen atoms in total. The van der Waals surface area contributed by atoms with Crippen LogP contribution in [-0.2, 0) is 4.74 Å². The molecule has 0 amide bonds. The number of methoxy groups -OCH3 is 1. The number of nitrogens with two attached hydrogens (primary N) is 1. The minimum Gasteiger partial charge on any atom is -0.495 e. The van der Waals surface area contributed by atoms with Gasteiger partial charge in [0.25, 0.3) is 0 Å². The molecule has 0 unspecified atom stereocenters. The normalized spacial score (nSPS) is 10.1. The van der Waals surface area contributed by atoms with Crippen molar-refractivity contribution in [3.8, 4) is 5.75 Å². The van der Waals surface area contributed by atoms with Crippen molar-refractivity contribution in [2.24, 2.45) is 0 Å². The first-order valence-electron chi connectivity index (χ1n) is 6.49.